The van der Waals surface area contributed by atoms with Crippen molar-refractivity contribution in [1.29, 1.82) is 0 Å². The van der Waals surface area contributed by atoms with Gasteiger partial charge in [-0.05, 0) is 54.9 Å². The van der Waals surface area contributed by atoms with E-state index in [9.17, 15) is 32.3 Å². The number of likely N-dealkylation sites (tertiary alicyclic amines) is 2. The fraction of sp³-hybridized carbons (Fsp3) is 0.277. The van der Waals surface area contributed by atoms with Gasteiger partial charge in [-0.25, -0.2) is 19.6 Å². The lowest BCUT2D eigenvalue weighted by atomic mass is 9.93. The van der Waals surface area contributed by atoms with Gasteiger partial charge >= 0.3 is 18.4 Å². The number of aromatic nitrogens is 4. The maximum absolute atomic E-state index is 14.6. The number of alkyl carbamates (subject to hydrolysis) is 1. The molecule has 4 aromatic carbocycles. The fourth-order valence-corrected chi connectivity index (χ4v) is 8.62. The highest BCUT2D eigenvalue weighted by molar-refractivity contribution is 5.89. The largest absolute Gasteiger partial charge is 0.453 e. The molecule has 2 aliphatic rings. The summed E-state index contributed by atoms with van der Waals surface area (Å²) < 4.78 is 54.0. The Kier molecular flexibility index (Phi) is 12.0. The number of hydrogen-bond donors (Lipinski definition) is 4. The number of rotatable bonds is 11. The third kappa shape index (κ3) is 8.65. The normalized spacial score (nSPS) is 17.7. The van der Waals surface area contributed by atoms with Crippen LogP contribution in [0.1, 0.15) is 79.2 Å². The first-order valence-electron chi connectivity index (χ1n) is 20.7. The number of carbonyl (C=O) groups excluding carboxylic acids is 4. The van der Waals surface area contributed by atoms with Gasteiger partial charge < -0.3 is 40.3 Å². The van der Waals surface area contributed by atoms with Crippen molar-refractivity contribution in [3.05, 3.63) is 144 Å². The molecule has 0 bridgehead atoms. The molecule has 0 spiro atoms. The van der Waals surface area contributed by atoms with E-state index < -0.39 is 47.6 Å². The Hall–Kier alpha value is -7.43. The molecule has 8 rings (SSSR count). The molecule has 4 heterocycles. The standard InChI is InChI=1S/C47H45F3N8O6/c1-46(64-44(51)61,33-13-7-4-8-14-33)43(60)58-26-10-16-36(58)41-54-37(39(56-41)47(48,49)50)32-23-19-29(20-24-32)28-17-21-30(22-18-28)34-27-52-40(53-34)35-15-9-25-57(35)42(59)38(55-45(62)63-2)31-11-5-3-6-12-31/h3-8,11-14,17-24,27,35-36,38H,9-10,15-16,25-26H2,1-2H3,(H2,51,61)(H,52,53)(H,54,56)(H,55,62)/t35-,36-,38+,46+/m0/s1. The lowest BCUT2D eigenvalue weighted by molar-refractivity contribution is -0.151. The maximum atomic E-state index is 14.6. The second kappa shape index (κ2) is 17.7. The lowest BCUT2D eigenvalue weighted by Gasteiger charge is -2.34. The first kappa shape index (κ1) is 43.2. The van der Waals surface area contributed by atoms with Crippen molar-refractivity contribution in [2.75, 3.05) is 20.2 Å². The van der Waals surface area contributed by atoms with Gasteiger partial charge in [-0.15, -0.1) is 0 Å². The first-order valence-corrected chi connectivity index (χ1v) is 20.7. The minimum absolute atomic E-state index is 0.0384. The number of alkyl halides is 3. The summed E-state index contributed by atoms with van der Waals surface area (Å²) in [5.41, 5.74) is 6.52. The molecule has 14 nitrogen and oxygen atoms in total. The van der Waals surface area contributed by atoms with E-state index in [1.54, 1.807) is 90.0 Å². The van der Waals surface area contributed by atoms with Crippen molar-refractivity contribution in [3.8, 4) is 33.6 Å². The van der Waals surface area contributed by atoms with Gasteiger partial charge in [0, 0.05) is 24.2 Å². The predicted octanol–water partition coefficient (Wildman–Crippen LogP) is 8.59. The smallest absolute Gasteiger partial charge is 0.433 e. The second-order valence-electron chi connectivity index (χ2n) is 15.8. The van der Waals surface area contributed by atoms with Crippen molar-refractivity contribution >= 4 is 24.0 Å². The summed E-state index contributed by atoms with van der Waals surface area (Å²) in [6.07, 6.45) is -2.73. The molecule has 17 heteroatoms. The van der Waals surface area contributed by atoms with Gasteiger partial charge in [0.1, 0.15) is 29.1 Å². The van der Waals surface area contributed by atoms with Crippen LogP contribution in [0.4, 0.5) is 22.8 Å². The van der Waals surface area contributed by atoms with E-state index in [0.717, 1.165) is 28.8 Å². The van der Waals surface area contributed by atoms with E-state index in [-0.39, 0.29) is 35.6 Å². The Labute approximate surface area is 366 Å². The molecule has 2 aromatic heterocycles. The van der Waals surface area contributed by atoms with Gasteiger partial charge in [-0.2, -0.15) is 13.2 Å². The Morgan fingerprint density at radius 1 is 0.766 bits per heavy atom. The first-order chi connectivity index (χ1) is 30.7. The number of halogens is 3. The van der Waals surface area contributed by atoms with Crippen LogP contribution in [0.25, 0.3) is 33.6 Å². The minimum Gasteiger partial charge on any atom is -0.453 e. The number of carbonyl (C=O) groups is 4. The maximum Gasteiger partial charge on any atom is 0.433 e. The van der Waals surface area contributed by atoms with Gasteiger partial charge in [-0.3, -0.25) is 9.59 Å². The minimum atomic E-state index is -4.79. The molecule has 0 radical (unpaired) electrons. The highest BCUT2D eigenvalue weighted by Gasteiger charge is 2.47. The van der Waals surface area contributed by atoms with Crippen molar-refractivity contribution in [1.82, 2.24) is 35.1 Å². The van der Waals surface area contributed by atoms with Crippen LogP contribution in [0.2, 0.25) is 0 Å². The van der Waals surface area contributed by atoms with Gasteiger partial charge in [0.2, 0.25) is 5.60 Å². The average molecular weight is 875 g/mol. The zero-order valence-electron chi connectivity index (χ0n) is 34.9. The Morgan fingerprint density at radius 2 is 1.33 bits per heavy atom. The summed E-state index contributed by atoms with van der Waals surface area (Å²) in [7, 11) is 1.24. The Morgan fingerprint density at radius 3 is 1.92 bits per heavy atom. The monoisotopic (exact) mass is 874 g/mol. The van der Waals surface area contributed by atoms with Gasteiger partial charge in [0.25, 0.3) is 11.8 Å². The molecule has 2 saturated heterocycles. The van der Waals surface area contributed by atoms with E-state index >= 15 is 0 Å². The summed E-state index contributed by atoms with van der Waals surface area (Å²) in [4.78, 5) is 70.3. The third-order valence-electron chi connectivity index (χ3n) is 11.8. The molecular formula is C47H45F3N8O6. The van der Waals surface area contributed by atoms with Crippen molar-refractivity contribution < 1.29 is 41.8 Å². The lowest BCUT2D eigenvalue weighted by Crippen LogP contribution is -2.48. The zero-order chi connectivity index (χ0) is 45.2. The number of H-pyrrole nitrogens is 2. The van der Waals surface area contributed by atoms with Crippen molar-refractivity contribution in [3.63, 3.8) is 0 Å². The molecule has 2 aliphatic heterocycles. The van der Waals surface area contributed by atoms with Gasteiger partial charge in [-0.1, -0.05) is 109 Å². The highest BCUT2D eigenvalue weighted by Crippen LogP contribution is 2.42. The Bertz CT molecular complexity index is 2640. The molecule has 4 amide bonds. The number of aromatic amines is 2. The van der Waals surface area contributed by atoms with Crippen LogP contribution in [-0.4, -0.2) is 73.9 Å². The molecule has 4 atom stereocenters. The summed E-state index contributed by atoms with van der Waals surface area (Å²) in [5.74, 6) is -0.336. The number of nitrogens with two attached hydrogens (primary N) is 1. The summed E-state index contributed by atoms with van der Waals surface area (Å²) >= 11 is 0. The van der Waals surface area contributed by atoms with Crippen LogP contribution in [0.5, 0.6) is 0 Å². The summed E-state index contributed by atoms with van der Waals surface area (Å²) in [6, 6.07) is 29.3. The van der Waals surface area contributed by atoms with Crippen molar-refractivity contribution in [2.24, 2.45) is 5.73 Å². The number of methoxy groups -OCH3 is 1. The number of imidazole rings is 2. The zero-order valence-corrected chi connectivity index (χ0v) is 34.9. The van der Waals surface area contributed by atoms with E-state index in [0.29, 0.717) is 42.8 Å². The molecule has 2 fully saturated rings. The number of hydrogen-bond acceptors (Lipinski definition) is 8. The van der Waals surface area contributed by atoms with E-state index in [4.69, 9.17) is 15.2 Å². The molecule has 5 N–H and O–H groups in total. The summed E-state index contributed by atoms with van der Waals surface area (Å²) in [5, 5.41) is 2.67. The highest BCUT2D eigenvalue weighted by atomic mass is 19.4. The molecule has 6 aromatic rings. The van der Waals surface area contributed by atoms with Crippen LogP contribution in [0.3, 0.4) is 0 Å². The van der Waals surface area contributed by atoms with Crippen LogP contribution in [-0.2, 0) is 30.8 Å². The SMILES string of the molecule is COC(=O)N[C@@H](C(=O)N1CCC[C@H]1c1ncc(-c2ccc(-c3ccc(-c4nc([C@@H]5CCCN5C(=O)[C@](C)(OC(N)=O)c5ccccc5)[nH]c4C(F)(F)F)cc3)cc2)[nH]1)c1ccccc1. The van der Waals surface area contributed by atoms with E-state index in [1.807, 2.05) is 30.3 Å². The van der Waals surface area contributed by atoms with Gasteiger partial charge in [0.05, 0.1) is 31.1 Å². The summed E-state index contributed by atoms with van der Waals surface area (Å²) in [6.45, 7) is 2.10. The number of benzene rings is 4. The second-order valence-corrected chi connectivity index (χ2v) is 15.8. The Balaban J connectivity index is 0.990. The van der Waals surface area contributed by atoms with Crippen LogP contribution in [0, 0.1) is 0 Å². The van der Waals surface area contributed by atoms with E-state index in [1.165, 1.54) is 18.9 Å². The van der Waals surface area contributed by atoms with Gasteiger partial charge in [0.15, 0.2) is 0 Å². The van der Waals surface area contributed by atoms with Crippen LogP contribution < -0.4 is 11.1 Å². The number of amides is 4. The van der Waals surface area contributed by atoms with Crippen molar-refractivity contribution in [2.45, 2.75) is 62.5 Å². The average Bonchev–Trinajstić information content (AvgIpc) is 4.15. The molecule has 64 heavy (non-hydrogen) atoms. The molecular weight excluding hydrogens is 830 g/mol. The number of ether oxygens (including phenoxy) is 2. The molecule has 330 valence electrons. The number of nitrogens with one attached hydrogen (secondary N) is 3. The third-order valence-corrected chi connectivity index (χ3v) is 11.8. The van der Waals surface area contributed by atoms with Crippen LogP contribution >= 0.6 is 0 Å². The molecule has 0 saturated carbocycles. The topological polar surface area (TPSA) is 189 Å². The fourth-order valence-electron chi connectivity index (χ4n) is 8.62. The molecule has 0 unspecified atom stereocenters. The van der Waals surface area contributed by atoms with Crippen LogP contribution in [0.15, 0.2) is 115 Å². The quantitative estimate of drug-likeness (QED) is 0.0996. The van der Waals surface area contributed by atoms with E-state index in [2.05, 4.69) is 25.3 Å². The number of nitrogens with zero attached hydrogens (tertiary/aromatic N) is 4. The predicted molar refractivity (Wildman–Crippen MR) is 229 cm³/mol. The molecule has 0 aliphatic carbocycles. The number of primary amides is 1.